The zero-order valence-electron chi connectivity index (χ0n) is 11.8. The summed E-state index contributed by atoms with van der Waals surface area (Å²) in [6, 6.07) is 18.8. The molecular formula is C17H20Cl2N2. The van der Waals surface area contributed by atoms with Crippen LogP contribution < -0.4 is 5.73 Å². The smallest absolute Gasteiger partial charge is 0.0409 e. The van der Waals surface area contributed by atoms with Gasteiger partial charge in [0.05, 0.1) is 0 Å². The zero-order chi connectivity index (χ0) is 13.9. The molecule has 0 aromatic heterocycles. The fraction of sp³-hybridized carbons (Fsp3) is 0.294. The van der Waals surface area contributed by atoms with Crippen molar-refractivity contribution in [3.8, 4) is 0 Å². The van der Waals surface area contributed by atoms with Crippen molar-refractivity contribution in [3.63, 3.8) is 0 Å². The first-order chi connectivity index (χ1) is 9.72. The number of nitrogens with zero attached hydrogens (tertiary/aromatic N) is 1. The third kappa shape index (κ3) is 3.98. The molecule has 2 atom stereocenters. The van der Waals surface area contributed by atoms with Crippen LogP contribution in [0.5, 0.6) is 0 Å². The molecule has 0 bridgehead atoms. The van der Waals surface area contributed by atoms with Crippen molar-refractivity contribution in [1.29, 1.82) is 0 Å². The number of likely N-dealkylation sites (tertiary alicyclic amines) is 1. The number of benzene rings is 2. The summed E-state index contributed by atoms with van der Waals surface area (Å²) >= 11 is 6.04. The van der Waals surface area contributed by atoms with Crippen molar-refractivity contribution in [1.82, 2.24) is 4.90 Å². The summed E-state index contributed by atoms with van der Waals surface area (Å²) in [4.78, 5) is 2.41. The predicted molar refractivity (Wildman–Crippen MR) is 91.1 cm³/mol. The van der Waals surface area contributed by atoms with Gasteiger partial charge in [-0.1, -0.05) is 54.1 Å². The summed E-state index contributed by atoms with van der Waals surface area (Å²) < 4.78 is 0. The van der Waals surface area contributed by atoms with Crippen LogP contribution in [0.2, 0.25) is 5.02 Å². The Hall–Kier alpha value is -1.06. The van der Waals surface area contributed by atoms with Gasteiger partial charge in [-0.2, -0.15) is 0 Å². The number of hydrogen-bond acceptors (Lipinski definition) is 2. The number of rotatable bonds is 3. The highest BCUT2D eigenvalue weighted by Gasteiger charge is 2.30. The van der Waals surface area contributed by atoms with Crippen LogP contribution >= 0.6 is 24.0 Å². The molecule has 1 heterocycles. The van der Waals surface area contributed by atoms with Gasteiger partial charge in [0.1, 0.15) is 0 Å². The lowest BCUT2D eigenvalue weighted by Gasteiger charge is -2.16. The predicted octanol–water partition coefficient (Wildman–Crippen LogP) is 3.69. The van der Waals surface area contributed by atoms with Gasteiger partial charge in [0, 0.05) is 36.6 Å². The molecule has 1 aliphatic rings. The second-order valence-corrected chi connectivity index (χ2v) is 5.94. The maximum Gasteiger partial charge on any atom is 0.0409 e. The molecule has 1 saturated heterocycles. The van der Waals surface area contributed by atoms with Crippen molar-refractivity contribution in [3.05, 3.63) is 70.7 Å². The van der Waals surface area contributed by atoms with E-state index in [1.54, 1.807) is 0 Å². The van der Waals surface area contributed by atoms with E-state index in [1.807, 2.05) is 24.3 Å². The molecule has 0 amide bonds. The van der Waals surface area contributed by atoms with E-state index in [-0.39, 0.29) is 18.4 Å². The molecule has 4 heteroatoms. The first-order valence-electron chi connectivity index (χ1n) is 7.00. The summed E-state index contributed by atoms with van der Waals surface area (Å²) in [6.07, 6.45) is 0. The SMILES string of the molecule is Cl.N[C@@H]1CN(Cc2cccc(Cl)c2)C[C@H]1c1ccccc1. The van der Waals surface area contributed by atoms with Gasteiger partial charge in [0.2, 0.25) is 0 Å². The normalized spacial score (nSPS) is 22.0. The molecule has 0 unspecified atom stereocenters. The molecule has 1 aliphatic heterocycles. The fourth-order valence-corrected chi connectivity index (χ4v) is 3.20. The average molecular weight is 323 g/mol. The summed E-state index contributed by atoms with van der Waals surface area (Å²) in [5.41, 5.74) is 8.91. The molecule has 2 aromatic carbocycles. The van der Waals surface area contributed by atoms with Gasteiger partial charge in [-0.3, -0.25) is 4.90 Å². The van der Waals surface area contributed by atoms with E-state index >= 15 is 0 Å². The molecule has 0 aliphatic carbocycles. The third-order valence-electron chi connectivity index (χ3n) is 3.96. The minimum Gasteiger partial charge on any atom is -0.326 e. The van der Waals surface area contributed by atoms with Gasteiger partial charge in [0.25, 0.3) is 0 Å². The summed E-state index contributed by atoms with van der Waals surface area (Å²) in [6.45, 7) is 2.86. The quantitative estimate of drug-likeness (QED) is 0.933. The highest BCUT2D eigenvalue weighted by Crippen LogP contribution is 2.27. The Morgan fingerprint density at radius 3 is 2.52 bits per heavy atom. The second kappa shape index (κ2) is 7.28. The van der Waals surface area contributed by atoms with Gasteiger partial charge in [0.15, 0.2) is 0 Å². The Kier molecular flexibility index (Phi) is 5.65. The standard InChI is InChI=1S/C17H19ClN2.ClH/c18-15-8-4-5-13(9-15)10-20-11-16(17(19)12-20)14-6-2-1-3-7-14;/h1-9,16-17H,10-12,19H2;1H/t16-,17+;/m0./s1. The number of hydrogen-bond donors (Lipinski definition) is 1. The summed E-state index contributed by atoms with van der Waals surface area (Å²) in [7, 11) is 0. The van der Waals surface area contributed by atoms with Crippen LogP contribution in [0.3, 0.4) is 0 Å². The Morgan fingerprint density at radius 1 is 1.05 bits per heavy atom. The average Bonchev–Trinajstić information content (AvgIpc) is 2.80. The van der Waals surface area contributed by atoms with E-state index in [0.29, 0.717) is 5.92 Å². The van der Waals surface area contributed by atoms with Crippen LogP contribution in [0.25, 0.3) is 0 Å². The zero-order valence-corrected chi connectivity index (χ0v) is 13.4. The number of halogens is 2. The van der Waals surface area contributed by atoms with Crippen molar-refractivity contribution in [2.75, 3.05) is 13.1 Å². The van der Waals surface area contributed by atoms with Crippen LogP contribution in [0.15, 0.2) is 54.6 Å². The van der Waals surface area contributed by atoms with E-state index < -0.39 is 0 Å². The lowest BCUT2D eigenvalue weighted by atomic mass is 9.95. The summed E-state index contributed by atoms with van der Waals surface area (Å²) in [5.74, 6) is 0.426. The van der Waals surface area contributed by atoms with Crippen molar-refractivity contribution in [2.45, 2.75) is 18.5 Å². The minimum atomic E-state index is 0. The largest absolute Gasteiger partial charge is 0.326 e. The Labute approximate surface area is 137 Å². The molecule has 2 N–H and O–H groups in total. The second-order valence-electron chi connectivity index (χ2n) is 5.51. The van der Waals surface area contributed by atoms with Gasteiger partial charge in [-0.05, 0) is 23.3 Å². The van der Waals surface area contributed by atoms with E-state index in [2.05, 4.69) is 35.2 Å². The molecule has 0 radical (unpaired) electrons. The Bertz CT molecular complexity index is 574. The van der Waals surface area contributed by atoms with Gasteiger partial charge in [-0.25, -0.2) is 0 Å². The van der Waals surface area contributed by atoms with Crippen molar-refractivity contribution < 1.29 is 0 Å². The molecule has 1 fully saturated rings. The minimum absolute atomic E-state index is 0. The van der Waals surface area contributed by atoms with Gasteiger partial charge >= 0.3 is 0 Å². The molecule has 2 nitrogen and oxygen atoms in total. The molecule has 3 rings (SSSR count). The summed E-state index contributed by atoms with van der Waals surface area (Å²) in [5, 5.41) is 0.797. The first kappa shape index (κ1) is 16.3. The maximum atomic E-state index is 6.32. The highest BCUT2D eigenvalue weighted by molar-refractivity contribution is 6.30. The van der Waals surface area contributed by atoms with Crippen LogP contribution in [0, 0.1) is 0 Å². The van der Waals surface area contributed by atoms with E-state index in [0.717, 1.165) is 24.7 Å². The van der Waals surface area contributed by atoms with Crippen LogP contribution in [-0.4, -0.2) is 24.0 Å². The molecule has 0 saturated carbocycles. The van der Waals surface area contributed by atoms with Crippen molar-refractivity contribution in [2.24, 2.45) is 5.73 Å². The molecular weight excluding hydrogens is 303 g/mol. The van der Waals surface area contributed by atoms with Crippen molar-refractivity contribution >= 4 is 24.0 Å². The van der Waals surface area contributed by atoms with Gasteiger partial charge in [-0.15, -0.1) is 12.4 Å². The maximum absolute atomic E-state index is 6.32. The Morgan fingerprint density at radius 2 is 1.81 bits per heavy atom. The van der Waals surface area contributed by atoms with E-state index in [4.69, 9.17) is 17.3 Å². The molecule has 21 heavy (non-hydrogen) atoms. The van der Waals surface area contributed by atoms with Crippen LogP contribution in [0.1, 0.15) is 17.0 Å². The van der Waals surface area contributed by atoms with Crippen LogP contribution in [-0.2, 0) is 6.54 Å². The lowest BCUT2D eigenvalue weighted by Crippen LogP contribution is -2.28. The molecule has 0 spiro atoms. The topological polar surface area (TPSA) is 29.3 Å². The lowest BCUT2D eigenvalue weighted by molar-refractivity contribution is 0.324. The molecule has 2 aromatic rings. The van der Waals surface area contributed by atoms with E-state index in [9.17, 15) is 0 Å². The number of nitrogens with two attached hydrogens (primary N) is 1. The third-order valence-corrected chi connectivity index (χ3v) is 4.20. The fourth-order valence-electron chi connectivity index (χ4n) is 2.99. The van der Waals surface area contributed by atoms with E-state index in [1.165, 1.54) is 11.1 Å². The first-order valence-corrected chi connectivity index (χ1v) is 7.37. The van der Waals surface area contributed by atoms with Gasteiger partial charge < -0.3 is 5.73 Å². The Balaban J connectivity index is 0.00000161. The molecule has 112 valence electrons. The monoisotopic (exact) mass is 322 g/mol. The van der Waals surface area contributed by atoms with Crippen LogP contribution in [0.4, 0.5) is 0 Å². The highest BCUT2D eigenvalue weighted by atomic mass is 35.5.